The average molecular weight is 407 g/mol. The van der Waals surface area contributed by atoms with Gasteiger partial charge in [0.05, 0.1) is 10.9 Å². The van der Waals surface area contributed by atoms with Gasteiger partial charge in [-0.25, -0.2) is 0 Å². The van der Waals surface area contributed by atoms with Gasteiger partial charge in [0.1, 0.15) is 5.75 Å². The van der Waals surface area contributed by atoms with Gasteiger partial charge in [0, 0.05) is 23.8 Å². The molecule has 0 aromatic heterocycles. The van der Waals surface area contributed by atoms with Crippen molar-refractivity contribution in [1.29, 1.82) is 0 Å². The number of para-hydroxylation sites is 1. The Kier molecular flexibility index (Phi) is 6.58. The van der Waals surface area contributed by atoms with Crippen LogP contribution in [-0.2, 0) is 9.59 Å². The van der Waals surface area contributed by atoms with Gasteiger partial charge >= 0.3 is 0 Å². The molecule has 27 heavy (non-hydrogen) atoms. The highest BCUT2D eigenvalue weighted by Gasteiger charge is 2.28. The van der Waals surface area contributed by atoms with Gasteiger partial charge in [-0.15, -0.1) is 0 Å². The Hall–Kier alpha value is -2.24. The Morgan fingerprint density at radius 2 is 1.93 bits per heavy atom. The van der Waals surface area contributed by atoms with E-state index >= 15 is 0 Å². The fourth-order valence-electron chi connectivity index (χ4n) is 3.01. The lowest BCUT2D eigenvalue weighted by Gasteiger charge is -2.32. The van der Waals surface area contributed by atoms with Crippen molar-refractivity contribution in [2.24, 2.45) is 5.92 Å². The molecule has 7 heteroatoms. The van der Waals surface area contributed by atoms with Gasteiger partial charge in [-0.1, -0.05) is 41.4 Å². The highest BCUT2D eigenvalue weighted by Crippen LogP contribution is 2.27. The van der Waals surface area contributed by atoms with Crippen LogP contribution in [0.3, 0.4) is 0 Å². The lowest BCUT2D eigenvalue weighted by Crippen LogP contribution is -2.45. The number of carbonyl (C=O) groups is 2. The van der Waals surface area contributed by atoms with E-state index in [9.17, 15) is 9.59 Å². The molecule has 142 valence electrons. The molecule has 3 rings (SSSR count). The summed E-state index contributed by atoms with van der Waals surface area (Å²) in [6.45, 7) is 0.870. The van der Waals surface area contributed by atoms with Crippen molar-refractivity contribution in [1.82, 2.24) is 4.90 Å². The van der Waals surface area contributed by atoms with E-state index in [-0.39, 0.29) is 24.3 Å². The Balaban J connectivity index is 1.53. The summed E-state index contributed by atoms with van der Waals surface area (Å²) in [5.41, 5.74) is 0.756. The van der Waals surface area contributed by atoms with Gasteiger partial charge in [-0.3, -0.25) is 9.59 Å². The second-order valence-electron chi connectivity index (χ2n) is 6.40. The number of nitrogens with one attached hydrogen (secondary N) is 1. The second-order valence-corrected chi connectivity index (χ2v) is 7.24. The first kappa shape index (κ1) is 19.5. The summed E-state index contributed by atoms with van der Waals surface area (Å²) in [6, 6.07) is 14.2. The number of carbonyl (C=O) groups excluding carboxylic acids is 2. The van der Waals surface area contributed by atoms with Crippen LogP contribution in [0.4, 0.5) is 5.69 Å². The molecule has 0 unspecified atom stereocenters. The fourth-order valence-corrected chi connectivity index (χ4v) is 3.47. The second kappa shape index (κ2) is 9.11. The van der Waals surface area contributed by atoms with Crippen LogP contribution in [0.15, 0.2) is 48.5 Å². The van der Waals surface area contributed by atoms with E-state index in [0.717, 1.165) is 18.5 Å². The van der Waals surface area contributed by atoms with Crippen LogP contribution in [0.25, 0.3) is 0 Å². The van der Waals surface area contributed by atoms with Crippen LogP contribution in [0.2, 0.25) is 10.0 Å². The molecule has 2 amide bonds. The zero-order chi connectivity index (χ0) is 19.2. The number of benzene rings is 2. The molecule has 2 aromatic carbocycles. The molecule has 1 atom stereocenters. The number of nitrogens with zero attached hydrogens (tertiary/aromatic N) is 1. The number of rotatable bonds is 5. The van der Waals surface area contributed by atoms with Crippen molar-refractivity contribution in [3.05, 3.63) is 58.6 Å². The SMILES string of the molecule is O=C(Nc1ccccc1)[C@H]1CCCN(C(=O)COc2ccc(Cl)cc2Cl)C1. The predicted octanol–water partition coefficient (Wildman–Crippen LogP) is 4.25. The van der Waals surface area contributed by atoms with Gasteiger partial charge < -0.3 is 15.0 Å². The van der Waals surface area contributed by atoms with Gasteiger partial charge in [0.25, 0.3) is 5.91 Å². The molecule has 1 aliphatic heterocycles. The van der Waals surface area contributed by atoms with Crippen LogP contribution in [0.5, 0.6) is 5.75 Å². The number of ether oxygens (including phenoxy) is 1. The summed E-state index contributed by atoms with van der Waals surface area (Å²) in [4.78, 5) is 26.6. The van der Waals surface area contributed by atoms with Crippen LogP contribution in [0, 0.1) is 5.92 Å². The normalized spacial score (nSPS) is 16.7. The molecule has 1 aliphatic rings. The third-order valence-electron chi connectivity index (χ3n) is 4.43. The molecule has 1 saturated heterocycles. The van der Waals surface area contributed by atoms with Crippen molar-refractivity contribution in [3.63, 3.8) is 0 Å². The highest BCUT2D eigenvalue weighted by molar-refractivity contribution is 6.35. The Morgan fingerprint density at radius 3 is 2.67 bits per heavy atom. The van der Waals surface area contributed by atoms with E-state index < -0.39 is 0 Å². The first-order valence-electron chi connectivity index (χ1n) is 8.74. The van der Waals surface area contributed by atoms with E-state index in [4.69, 9.17) is 27.9 Å². The van der Waals surface area contributed by atoms with Gasteiger partial charge in [-0.05, 0) is 43.2 Å². The fraction of sp³-hybridized carbons (Fsp3) is 0.300. The largest absolute Gasteiger partial charge is 0.482 e. The summed E-state index contributed by atoms with van der Waals surface area (Å²) in [6.07, 6.45) is 1.53. The standard InChI is InChI=1S/C20H20Cl2N2O3/c21-15-8-9-18(17(22)11-15)27-13-19(25)24-10-4-5-14(12-24)20(26)23-16-6-2-1-3-7-16/h1-3,6-9,11,14H,4-5,10,12-13H2,(H,23,26)/t14-/m0/s1. The van der Waals surface area contributed by atoms with Crippen LogP contribution < -0.4 is 10.1 Å². The van der Waals surface area contributed by atoms with Crippen molar-refractivity contribution in [2.45, 2.75) is 12.8 Å². The first-order valence-corrected chi connectivity index (χ1v) is 9.50. The molecule has 1 heterocycles. The smallest absolute Gasteiger partial charge is 0.260 e. The van der Waals surface area contributed by atoms with Crippen molar-refractivity contribution in [3.8, 4) is 5.75 Å². The lowest BCUT2D eigenvalue weighted by atomic mass is 9.97. The minimum absolute atomic E-state index is 0.0691. The maximum Gasteiger partial charge on any atom is 0.260 e. The summed E-state index contributed by atoms with van der Waals surface area (Å²) >= 11 is 11.9. The van der Waals surface area contributed by atoms with Crippen LogP contribution >= 0.6 is 23.2 Å². The molecule has 0 spiro atoms. The maximum absolute atomic E-state index is 12.5. The molecule has 2 aromatic rings. The number of likely N-dealkylation sites (tertiary alicyclic amines) is 1. The third-order valence-corrected chi connectivity index (χ3v) is 4.96. The Labute approximate surface area is 168 Å². The van der Waals surface area contributed by atoms with Crippen LogP contribution in [-0.4, -0.2) is 36.4 Å². The summed E-state index contributed by atoms with van der Waals surface area (Å²) in [5, 5.41) is 3.76. The summed E-state index contributed by atoms with van der Waals surface area (Å²) in [5.74, 6) is -0.0644. The van der Waals surface area contributed by atoms with Crippen LogP contribution in [0.1, 0.15) is 12.8 Å². The minimum atomic E-state index is -0.234. The van der Waals surface area contributed by atoms with Gasteiger partial charge in [0.15, 0.2) is 6.61 Å². The Bertz CT molecular complexity index is 814. The van der Waals surface area contributed by atoms with Crippen molar-refractivity contribution in [2.75, 3.05) is 25.0 Å². The summed E-state index contributed by atoms with van der Waals surface area (Å²) < 4.78 is 5.52. The Morgan fingerprint density at radius 1 is 1.15 bits per heavy atom. The van der Waals surface area contributed by atoms with Crippen molar-refractivity contribution >= 4 is 40.7 Å². The maximum atomic E-state index is 12.5. The topological polar surface area (TPSA) is 58.6 Å². The molecule has 5 nitrogen and oxygen atoms in total. The molecular formula is C20H20Cl2N2O3. The first-order chi connectivity index (χ1) is 13.0. The number of anilines is 1. The number of halogens is 2. The number of hydrogen-bond donors (Lipinski definition) is 1. The van der Waals surface area contributed by atoms with E-state index in [1.54, 1.807) is 23.1 Å². The average Bonchev–Trinajstić information content (AvgIpc) is 2.68. The molecule has 1 fully saturated rings. The summed E-state index contributed by atoms with van der Waals surface area (Å²) in [7, 11) is 0. The van der Waals surface area contributed by atoms with Gasteiger partial charge in [0.2, 0.25) is 5.91 Å². The van der Waals surface area contributed by atoms with Crippen molar-refractivity contribution < 1.29 is 14.3 Å². The van der Waals surface area contributed by atoms with E-state index in [1.807, 2.05) is 30.3 Å². The van der Waals surface area contributed by atoms with E-state index in [2.05, 4.69) is 5.32 Å². The van der Waals surface area contributed by atoms with Gasteiger partial charge in [-0.2, -0.15) is 0 Å². The lowest BCUT2D eigenvalue weighted by molar-refractivity contribution is -0.136. The highest BCUT2D eigenvalue weighted by atomic mass is 35.5. The molecule has 1 N–H and O–H groups in total. The molecule has 0 aliphatic carbocycles. The molecule has 0 bridgehead atoms. The zero-order valence-electron chi connectivity index (χ0n) is 14.7. The number of piperidine rings is 1. The number of hydrogen-bond acceptors (Lipinski definition) is 3. The zero-order valence-corrected chi connectivity index (χ0v) is 16.2. The third kappa shape index (κ3) is 5.37. The molecule has 0 radical (unpaired) electrons. The number of amides is 2. The van der Waals surface area contributed by atoms with E-state index in [0.29, 0.717) is 28.9 Å². The minimum Gasteiger partial charge on any atom is -0.482 e. The molecular weight excluding hydrogens is 387 g/mol. The monoisotopic (exact) mass is 406 g/mol. The molecule has 0 saturated carbocycles. The predicted molar refractivity (Wildman–Crippen MR) is 106 cm³/mol. The quantitative estimate of drug-likeness (QED) is 0.806. The van der Waals surface area contributed by atoms with E-state index in [1.165, 1.54) is 0 Å².